The van der Waals surface area contributed by atoms with Crippen LogP contribution in [-0.2, 0) is 25.9 Å². The second-order valence-electron chi connectivity index (χ2n) is 8.74. The van der Waals surface area contributed by atoms with E-state index in [1.807, 2.05) is 29.2 Å². The highest BCUT2D eigenvalue weighted by atomic mass is 32.2. The molecule has 1 aromatic carbocycles. The van der Waals surface area contributed by atoms with E-state index in [0.29, 0.717) is 11.7 Å². The first kappa shape index (κ1) is 24.4. The van der Waals surface area contributed by atoms with Gasteiger partial charge in [0.25, 0.3) is 0 Å². The number of methoxy groups -OCH3 is 1. The molecule has 0 saturated carbocycles. The van der Waals surface area contributed by atoms with Crippen molar-refractivity contribution in [3.05, 3.63) is 29.8 Å². The van der Waals surface area contributed by atoms with Crippen LogP contribution < -0.4 is 10.1 Å². The number of nitrogens with zero attached hydrogens (tertiary/aromatic N) is 2. The maximum atomic E-state index is 12.4. The predicted octanol–water partition coefficient (Wildman–Crippen LogP) is 2.21. The predicted molar refractivity (Wildman–Crippen MR) is 124 cm³/mol. The lowest BCUT2D eigenvalue weighted by Crippen LogP contribution is -2.37. The van der Waals surface area contributed by atoms with Crippen molar-refractivity contribution in [2.75, 3.05) is 25.2 Å². The number of carbonyl (C=O) groups excluding carboxylic acids is 2. The number of benzene rings is 1. The number of alkyl carbamates (subject to hydrolysis) is 1. The summed E-state index contributed by atoms with van der Waals surface area (Å²) in [7, 11) is -1.52. The van der Waals surface area contributed by atoms with Crippen molar-refractivity contribution < 1.29 is 27.5 Å². The molecular weight excluding hydrogens is 454 g/mol. The third-order valence-electron chi connectivity index (χ3n) is 4.91. The first-order valence-corrected chi connectivity index (χ1v) is 13.0. The van der Waals surface area contributed by atoms with Gasteiger partial charge in [0.15, 0.2) is 15.0 Å². The summed E-state index contributed by atoms with van der Waals surface area (Å²) in [4.78, 5) is 30.3. The van der Waals surface area contributed by atoms with E-state index in [0.717, 1.165) is 11.3 Å². The molecule has 2 amide bonds. The summed E-state index contributed by atoms with van der Waals surface area (Å²) in [6, 6.07) is 7.27. The second kappa shape index (κ2) is 9.70. The number of sulfone groups is 1. The molecule has 0 bridgehead atoms. The normalized spacial score (nSPS) is 23.1. The van der Waals surface area contributed by atoms with Gasteiger partial charge < -0.3 is 19.7 Å². The van der Waals surface area contributed by atoms with Crippen molar-refractivity contribution in [3.8, 4) is 5.75 Å². The van der Waals surface area contributed by atoms with Crippen LogP contribution in [0.15, 0.2) is 29.3 Å². The molecule has 2 aliphatic rings. The quantitative estimate of drug-likeness (QED) is 0.655. The van der Waals surface area contributed by atoms with Crippen LogP contribution in [0.4, 0.5) is 4.79 Å². The molecule has 32 heavy (non-hydrogen) atoms. The molecule has 0 aliphatic carbocycles. The summed E-state index contributed by atoms with van der Waals surface area (Å²) < 4.78 is 34.6. The molecule has 0 aromatic heterocycles. The number of hydrogen-bond acceptors (Lipinski definition) is 7. The Kier molecular flexibility index (Phi) is 7.39. The van der Waals surface area contributed by atoms with E-state index in [2.05, 4.69) is 10.3 Å². The zero-order chi connectivity index (χ0) is 23.5. The molecule has 0 radical (unpaired) electrons. The number of carbonyl (C=O) groups is 2. The Morgan fingerprint density at radius 3 is 2.53 bits per heavy atom. The summed E-state index contributed by atoms with van der Waals surface area (Å²) in [6.07, 6.45) is -0.568. The number of nitrogens with one attached hydrogen (secondary N) is 1. The molecule has 1 aromatic rings. The van der Waals surface area contributed by atoms with Gasteiger partial charge in [-0.05, 0) is 38.5 Å². The lowest BCUT2D eigenvalue weighted by atomic mass is 10.1. The molecule has 0 unspecified atom stereocenters. The van der Waals surface area contributed by atoms with E-state index >= 15 is 0 Å². The largest absolute Gasteiger partial charge is 0.497 e. The van der Waals surface area contributed by atoms with Crippen LogP contribution in [0.25, 0.3) is 0 Å². The van der Waals surface area contributed by atoms with Crippen LogP contribution in [0.3, 0.4) is 0 Å². The number of amides is 2. The molecule has 0 spiro atoms. The summed E-state index contributed by atoms with van der Waals surface area (Å²) in [5, 5.41) is 2.92. The van der Waals surface area contributed by atoms with Crippen LogP contribution >= 0.6 is 11.8 Å². The van der Waals surface area contributed by atoms with Crippen molar-refractivity contribution in [1.29, 1.82) is 0 Å². The summed E-state index contributed by atoms with van der Waals surface area (Å²) in [6.45, 7) is 5.82. The van der Waals surface area contributed by atoms with Crippen molar-refractivity contribution in [1.82, 2.24) is 10.2 Å². The molecule has 3 rings (SSSR count). The van der Waals surface area contributed by atoms with Gasteiger partial charge in [-0.25, -0.2) is 13.2 Å². The molecule has 9 nitrogen and oxygen atoms in total. The van der Waals surface area contributed by atoms with Gasteiger partial charge in [0, 0.05) is 24.8 Å². The first-order chi connectivity index (χ1) is 15.0. The molecular formula is C21H29N3O6S2. The Morgan fingerprint density at radius 2 is 1.91 bits per heavy atom. The minimum Gasteiger partial charge on any atom is -0.497 e. The Labute approximate surface area is 192 Å². The summed E-state index contributed by atoms with van der Waals surface area (Å²) >= 11 is 1.33. The van der Waals surface area contributed by atoms with Crippen LogP contribution in [-0.4, -0.2) is 72.5 Å². The van der Waals surface area contributed by atoms with Crippen LogP contribution in [0.5, 0.6) is 5.75 Å². The van der Waals surface area contributed by atoms with Crippen molar-refractivity contribution in [3.63, 3.8) is 0 Å². The van der Waals surface area contributed by atoms with E-state index in [1.54, 1.807) is 27.9 Å². The maximum absolute atomic E-state index is 12.4. The van der Waals surface area contributed by atoms with Gasteiger partial charge in [-0.2, -0.15) is 4.99 Å². The van der Waals surface area contributed by atoms with Crippen LogP contribution in [0, 0.1) is 0 Å². The van der Waals surface area contributed by atoms with Crippen molar-refractivity contribution >= 4 is 38.8 Å². The third-order valence-corrected chi connectivity index (χ3v) is 8.16. The maximum Gasteiger partial charge on any atom is 0.407 e. The molecule has 1 N–H and O–H groups in total. The fourth-order valence-electron chi connectivity index (χ4n) is 3.50. The highest BCUT2D eigenvalue weighted by Gasteiger charge is 2.48. The summed E-state index contributed by atoms with van der Waals surface area (Å²) in [5.41, 5.74) is 0.345. The second-order valence-corrected chi connectivity index (χ2v) is 12.1. The van der Waals surface area contributed by atoms with Gasteiger partial charge in [-0.3, -0.25) is 4.79 Å². The fraction of sp³-hybridized carbons (Fsp3) is 0.571. The molecule has 11 heteroatoms. The highest BCUT2D eigenvalue weighted by Crippen LogP contribution is 2.39. The minimum atomic E-state index is -3.12. The van der Waals surface area contributed by atoms with Gasteiger partial charge in [-0.1, -0.05) is 23.9 Å². The number of fused-ring (bicyclic) bond motifs is 1. The van der Waals surface area contributed by atoms with Crippen LogP contribution in [0.2, 0.25) is 0 Å². The number of thioether (sulfide) groups is 1. The lowest BCUT2D eigenvalue weighted by Gasteiger charge is -2.24. The number of aliphatic imine (C=N–C) groups is 1. The van der Waals surface area contributed by atoms with Crippen molar-refractivity contribution in [2.24, 2.45) is 4.99 Å². The zero-order valence-electron chi connectivity index (χ0n) is 18.7. The van der Waals surface area contributed by atoms with E-state index in [1.165, 1.54) is 11.8 Å². The Hall–Kier alpha value is -2.27. The number of rotatable bonds is 6. The van der Waals surface area contributed by atoms with Gasteiger partial charge in [-0.15, -0.1) is 0 Å². The topological polar surface area (TPSA) is 114 Å². The average Bonchev–Trinajstić information content (AvgIpc) is 3.13. The SMILES string of the molecule is COc1ccc(CN2C(=NC(=O)CCNC(=O)OC(C)(C)C)S[C@@H]3CS(=O)(=O)C[C@@H]32)cc1. The molecule has 176 valence electrons. The van der Waals surface area contributed by atoms with Gasteiger partial charge >= 0.3 is 6.09 Å². The Balaban J connectivity index is 1.66. The van der Waals surface area contributed by atoms with Gasteiger partial charge in [0.1, 0.15) is 11.4 Å². The molecule has 2 aliphatic heterocycles. The lowest BCUT2D eigenvalue weighted by molar-refractivity contribution is -0.117. The Morgan fingerprint density at radius 1 is 1.22 bits per heavy atom. The Bertz CT molecular complexity index is 986. The van der Waals surface area contributed by atoms with Gasteiger partial charge in [0.2, 0.25) is 5.91 Å². The van der Waals surface area contributed by atoms with Gasteiger partial charge in [0.05, 0.1) is 24.7 Å². The smallest absolute Gasteiger partial charge is 0.407 e. The minimum absolute atomic E-state index is 0.0211. The number of hydrogen-bond donors (Lipinski definition) is 1. The molecule has 2 fully saturated rings. The molecule has 2 heterocycles. The first-order valence-electron chi connectivity index (χ1n) is 10.3. The van der Waals surface area contributed by atoms with E-state index < -0.39 is 21.5 Å². The standard InChI is InChI=1S/C21H29N3O6S2/c1-21(2,3)30-20(26)22-10-9-18(25)23-19-24(11-14-5-7-15(29-4)8-6-14)16-12-32(27,28)13-17(16)31-19/h5-8,16-17H,9-13H2,1-4H3,(H,22,26)/t16-,17+/m0/s1. The highest BCUT2D eigenvalue weighted by molar-refractivity contribution is 8.15. The molecule has 2 saturated heterocycles. The average molecular weight is 484 g/mol. The van der Waals surface area contributed by atoms with E-state index in [4.69, 9.17) is 9.47 Å². The summed E-state index contributed by atoms with van der Waals surface area (Å²) in [5.74, 6) is 0.474. The zero-order valence-corrected chi connectivity index (χ0v) is 20.3. The monoisotopic (exact) mass is 483 g/mol. The van der Waals surface area contributed by atoms with Crippen LogP contribution in [0.1, 0.15) is 32.8 Å². The number of amidine groups is 1. The van der Waals surface area contributed by atoms with Crippen molar-refractivity contribution in [2.45, 2.75) is 50.6 Å². The molecule has 2 atom stereocenters. The van der Waals surface area contributed by atoms with E-state index in [9.17, 15) is 18.0 Å². The third kappa shape index (κ3) is 6.61. The fourth-order valence-corrected chi connectivity index (χ4v) is 7.46. The number of ether oxygens (including phenoxy) is 2. The van der Waals surface area contributed by atoms with E-state index in [-0.39, 0.29) is 41.7 Å².